The van der Waals surface area contributed by atoms with E-state index in [2.05, 4.69) is 31.2 Å². The predicted octanol–water partition coefficient (Wildman–Crippen LogP) is 4.58. The van der Waals surface area contributed by atoms with Crippen molar-refractivity contribution in [2.75, 3.05) is 21.2 Å². The van der Waals surface area contributed by atoms with E-state index in [1.54, 1.807) is 31.6 Å². The summed E-state index contributed by atoms with van der Waals surface area (Å²) in [7, 11) is 5.30. The fourth-order valence-electron chi connectivity index (χ4n) is 2.22. The molecule has 0 saturated heterocycles. The Kier molecular flexibility index (Phi) is 9.98. The number of hydrogen-bond donors (Lipinski definition) is 1. The lowest BCUT2D eigenvalue weighted by Gasteiger charge is -2.21. The third-order valence-electron chi connectivity index (χ3n) is 3.70. The van der Waals surface area contributed by atoms with E-state index in [4.69, 9.17) is 4.74 Å². The highest BCUT2D eigenvalue weighted by Gasteiger charge is 2.13. The summed E-state index contributed by atoms with van der Waals surface area (Å²) in [6.45, 7) is 2.94. The van der Waals surface area contributed by atoms with Crippen LogP contribution in [0.3, 0.4) is 0 Å². The van der Waals surface area contributed by atoms with Gasteiger partial charge in [-0.2, -0.15) is 0 Å². The van der Waals surface area contributed by atoms with Gasteiger partial charge in [-0.15, -0.1) is 35.3 Å². The number of halogens is 3. The molecule has 26 heavy (non-hydrogen) atoms. The van der Waals surface area contributed by atoms with Gasteiger partial charge in [-0.3, -0.25) is 4.99 Å². The van der Waals surface area contributed by atoms with Gasteiger partial charge in [-0.1, -0.05) is 22.0 Å². The molecule has 0 aliphatic rings. The van der Waals surface area contributed by atoms with Crippen LogP contribution in [0.4, 0.5) is 4.39 Å². The molecular weight excluding hydrogens is 534 g/mol. The number of thiazole rings is 1. The third kappa shape index (κ3) is 6.43. The van der Waals surface area contributed by atoms with Gasteiger partial charge < -0.3 is 15.0 Å². The van der Waals surface area contributed by atoms with Gasteiger partial charge in [0, 0.05) is 43.2 Å². The quantitative estimate of drug-likeness (QED) is 0.321. The Morgan fingerprint density at radius 2 is 2.23 bits per heavy atom. The molecule has 144 valence electrons. The van der Waals surface area contributed by atoms with Gasteiger partial charge in [0.1, 0.15) is 16.9 Å². The van der Waals surface area contributed by atoms with Crippen LogP contribution < -0.4 is 5.32 Å². The molecule has 1 aromatic heterocycles. The van der Waals surface area contributed by atoms with Crippen molar-refractivity contribution in [3.05, 3.63) is 50.1 Å². The average Bonchev–Trinajstić information content (AvgIpc) is 3.04. The minimum Gasteiger partial charge on any atom is -0.375 e. The molecule has 1 N–H and O–H groups in total. The second-order valence-electron chi connectivity index (χ2n) is 5.55. The Morgan fingerprint density at radius 3 is 2.85 bits per heavy atom. The highest BCUT2D eigenvalue weighted by atomic mass is 127. The van der Waals surface area contributed by atoms with Crippen LogP contribution in [0.15, 0.2) is 33.0 Å². The number of aromatic nitrogens is 1. The van der Waals surface area contributed by atoms with Crippen molar-refractivity contribution in [3.8, 4) is 0 Å². The number of guanidine groups is 1. The van der Waals surface area contributed by atoms with Gasteiger partial charge in [0.05, 0.1) is 12.2 Å². The molecule has 9 heteroatoms. The van der Waals surface area contributed by atoms with E-state index in [1.165, 1.54) is 6.07 Å². The maximum absolute atomic E-state index is 13.9. The van der Waals surface area contributed by atoms with Crippen LogP contribution in [0.25, 0.3) is 0 Å². The van der Waals surface area contributed by atoms with Gasteiger partial charge in [-0.05, 0) is 19.1 Å². The zero-order valence-electron chi connectivity index (χ0n) is 15.1. The second-order valence-corrected chi connectivity index (χ2v) is 7.35. The zero-order chi connectivity index (χ0) is 18.4. The fraction of sp³-hybridized carbons (Fsp3) is 0.412. The van der Waals surface area contributed by atoms with Crippen LogP contribution >= 0.6 is 51.2 Å². The first-order chi connectivity index (χ1) is 11.9. The molecule has 0 radical (unpaired) electrons. The summed E-state index contributed by atoms with van der Waals surface area (Å²) in [5.41, 5.74) is 1.53. The van der Waals surface area contributed by atoms with Gasteiger partial charge in [0.15, 0.2) is 5.96 Å². The minimum atomic E-state index is -0.252. The summed E-state index contributed by atoms with van der Waals surface area (Å²) in [5.74, 6) is 0.425. The second kappa shape index (κ2) is 11.2. The summed E-state index contributed by atoms with van der Waals surface area (Å²) in [4.78, 5) is 10.8. The summed E-state index contributed by atoms with van der Waals surface area (Å²) in [6.07, 6.45) is -0.0122. The maximum atomic E-state index is 13.9. The van der Waals surface area contributed by atoms with E-state index >= 15 is 0 Å². The fourth-order valence-corrected chi connectivity index (χ4v) is 3.40. The van der Waals surface area contributed by atoms with Crippen molar-refractivity contribution in [2.24, 2.45) is 4.99 Å². The first-order valence-electron chi connectivity index (χ1n) is 7.77. The number of ether oxygens (including phenoxy) is 1. The molecule has 0 spiro atoms. The van der Waals surface area contributed by atoms with Crippen LogP contribution in [-0.2, 0) is 17.8 Å². The number of nitrogens with zero attached hydrogens (tertiary/aromatic N) is 3. The van der Waals surface area contributed by atoms with Crippen LogP contribution in [0.1, 0.15) is 29.3 Å². The Bertz CT molecular complexity index is 743. The molecule has 1 heterocycles. The lowest BCUT2D eigenvalue weighted by Crippen LogP contribution is -2.38. The van der Waals surface area contributed by atoms with E-state index in [9.17, 15) is 4.39 Å². The Morgan fingerprint density at radius 1 is 1.50 bits per heavy atom. The van der Waals surface area contributed by atoms with Crippen molar-refractivity contribution in [1.82, 2.24) is 15.2 Å². The monoisotopic (exact) mass is 556 g/mol. The largest absolute Gasteiger partial charge is 0.375 e. The number of rotatable bonds is 6. The van der Waals surface area contributed by atoms with Crippen LogP contribution in [-0.4, -0.2) is 37.0 Å². The standard InChI is InChI=1S/C17H22BrFN4OS.HI/c1-11(24-4)16-22-14(10-25-16)9-23(3)17(20-2)21-8-12-5-6-13(18)7-15(12)19;/h5-7,10-11H,8-9H2,1-4H3,(H,20,21);1H. The number of methoxy groups -OCH3 is 1. The van der Waals surface area contributed by atoms with Gasteiger partial charge in [0.25, 0.3) is 0 Å². The highest BCUT2D eigenvalue weighted by molar-refractivity contribution is 14.0. The van der Waals surface area contributed by atoms with E-state index in [0.29, 0.717) is 24.6 Å². The van der Waals surface area contributed by atoms with E-state index in [0.717, 1.165) is 15.2 Å². The number of aliphatic imine (C=N–C) groups is 1. The maximum Gasteiger partial charge on any atom is 0.194 e. The van der Waals surface area contributed by atoms with Crippen LogP contribution in [0.5, 0.6) is 0 Å². The minimum absolute atomic E-state index is 0. The average molecular weight is 557 g/mol. The van der Waals surface area contributed by atoms with E-state index < -0.39 is 0 Å². The number of nitrogens with one attached hydrogen (secondary N) is 1. The Hall–Kier alpha value is -0.780. The van der Waals surface area contributed by atoms with Gasteiger partial charge in [0.2, 0.25) is 0 Å². The first kappa shape index (κ1) is 23.3. The van der Waals surface area contributed by atoms with Crippen molar-refractivity contribution >= 4 is 57.2 Å². The highest BCUT2D eigenvalue weighted by Crippen LogP contribution is 2.21. The molecule has 0 amide bonds. The smallest absolute Gasteiger partial charge is 0.194 e. The van der Waals surface area contributed by atoms with Gasteiger partial charge >= 0.3 is 0 Å². The third-order valence-corrected chi connectivity index (χ3v) is 5.24. The summed E-state index contributed by atoms with van der Waals surface area (Å²) in [6, 6.07) is 5.02. The summed E-state index contributed by atoms with van der Waals surface area (Å²) in [5, 5.41) is 6.14. The lowest BCUT2D eigenvalue weighted by molar-refractivity contribution is 0.119. The molecule has 0 saturated carbocycles. The molecule has 2 aromatic rings. The first-order valence-corrected chi connectivity index (χ1v) is 9.44. The normalized spacial score (nSPS) is 12.5. The number of benzene rings is 1. The molecule has 0 bridgehead atoms. The van der Waals surface area contributed by atoms with Gasteiger partial charge in [-0.25, -0.2) is 9.37 Å². The van der Waals surface area contributed by atoms with E-state index in [1.807, 2.05) is 30.3 Å². The molecule has 0 aliphatic heterocycles. The summed E-state index contributed by atoms with van der Waals surface area (Å²) >= 11 is 4.84. The van der Waals surface area contributed by atoms with E-state index in [-0.39, 0.29) is 35.9 Å². The van der Waals surface area contributed by atoms with Crippen molar-refractivity contribution in [3.63, 3.8) is 0 Å². The molecule has 0 aliphatic carbocycles. The SMILES string of the molecule is CN=C(NCc1ccc(Br)cc1F)N(C)Cc1csc(C(C)OC)n1.I. The van der Waals surface area contributed by atoms with Crippen LogP contribution in [0.2, 0.25) is 0 Å². The van der Waals surface area contributed by atoms with Crippen molar-refractivity contribution < 1.29 is 9.13 Å². The topological polar surface area (TPSA) is 49.8 Å². The Labute approximate surface area is 183 Å². The molecule has 1 atom stereocenters. The van der Waals surface area contributed by atoms with Crippen molar-refractivity contribution in [1.29, 1.82) is 0 Å². The number of hydrogen-bond acceptors (Lipinski definition) is 4. The van der Waals surface area contributed by atoms with Crippen LogP contribution in [0, 0.1) is 5.82 Å². The Balaban J connectivity index is 0.00000338. The predicted molar refractivity (Wildman–Crippen MR) is 119 cm³/mol. The summed E-state index contributed by atoms with van der Waals surface area (Å²) < 4.78 is 19.9. The molecule has 1 aromatic carbocycles. The molecule has 0 fully saturated rings. The molecule has 5 nitrogen and oxygen atoms in total. The molecule has 2 rings (SSSR count). The van der Waals surface area contributed by atoms with Crippen molar-refractivity contribution in [2.45, 2.75) is 26.1 Å². The molecule has 1 unspecified atom stereocenters. The molecular formula is C17H23BrFIN4OS. The zero-order valence-corrected chi connectivity index (χ0v) is 19.9. The lowest BCUT2D eigenvalue weighted by atomic mass is 10.2.